The van der Waals surface area contributed by atoms with Crippen LogP contribution in [0.15, 0.2) is 5.10 Å². The van der Waals surface area contributed by atoms with Gasteiger partial charge in [0.15, 0.2) is 0 Å². The van der Waals surface area contributed by atoms with Crippen molar-refractivity contribution in [2.45, 2.75) is 16.4 Å². The van der Waals surface area contributed by atoms with E-state index in [1.807, 2.05) is 0 Å². The number of hydrogen-bond donors (Lipinski definition) is 3. The van der Waals surface area contributed by atoms with Gasteiger partial charge in [0.1, 0.15) is 0 Å². The fraction of sp³-hybridized carbons (Fsp3) is 0.833. The van der Waals surface area contributed by atoms with Crippen LogP contribution >= 0.6 is 35.6 Å². The van der Waals surface area contributed by atoms with Gasteiger partial charge in [-0.25, -0.2) is 0 Å². The van der Waals surface area contributed by atoms with Gasteiger partial charge < -0.3 is 4.55 Å². The van der Waals surface area contributed by atoms with E-state index in [4.69, 9.17) is 9.11 Å². The fourth-order valence-electron chi connectivity index (χ4n) is 0.955. The molecule has 1 aliphatic rings. The molecule has 0 radical (unpaired) electrons. The van der Waals surface area contributed by atoms with E-state index in [0.717, 1.165) is 0 Å². The van der Waals surface area contributed by atoms with Crippen LogP contribution in [0.5, 0.6) is 0 Å². The van der Waals surface area contributed by atoms with Crippen LogP contribution in [0.1, 0.15) is 12.8 Å². The first-order chi connectivity index (χ1) is 7.47. The van der Waals surface area contributed by atoms with E-state index in [0.29, 0.717) is 30.6 Å². The molecule has 0 spiro atoms. The first-order valence-electron chi connectivity index (χ1n) is 4.36. The number of rotatable bonds is 7. The molecule has 0 bridgehead atoms. The average Bonchev–Trinajstić information content (AvgIpc) is 2.65. The van der Waals surface area contributed by atoms with Gasteiger partial charge in [0, 0.05) is 12.0 Å². The van der Waals surface area contributed by atoms with Gasteiger partial charge in [-0.15, -0.1) is 11.8 Å². The van der Waals surface area contributed by atoms with Crippen LogP contribution in [0.4, 0.5) is 0 Å². The Labute approximate surface area is 107 Å². The highest BCUT2D eigenvalue weighted by Crippen LogP contribution is 2.44. The van der Waals surface area contributed by atoms with E-state index in [-0.39, 0.29) is 5.75 Å². The van der Waals surface area contributed by atoms with E-state index in [1.165, 1.54) is 23.5 Å². The van der Waals surface area contributed by atoms with Crippen LogP contribution in [0.3, 0.4) is 0 Å². The van der Waals surface area contributed by atoms with Crippen LogP contribution in [-0.4, -0.2) is 38.1 Å². The number of unbranched alkanes of at least 4 members (excludes halogenated alkanes) is 1. The van der Waals surface area contributed by atoms with Crippen molar-refractivity contribution in [1.82, 2.24) is 5.43 Å². The van der Waals surface area contributed by atoms with Crippen molar-refractivity contribution >= 4 is 51.2 Å². The largest absolute Gasteiger partial charge is 0.327 e. The number of hydrazone groups is 1. The summed E-state index contributed by atoms with van der Waals surface area (Å²) in [5.74, 6) is 0.455. The summed E-state index contributed by atoms with van der Waals surface area (Å²) in [6, 6.07) is 0. The standard InChI is InChI=1S/C6H12N2O4S4/c9-15-6(8-7-5-14-6)13-3-1-2-4-16(10,11)12/h5,8-9H,1-4H2,(H,10,11,12). The summed E-state index contributed by atoms with van der Waals surface area (Å²) in [5.41, 5.74) is 4.37. The van der Waals surface area contributed by atoms with Crippen molar-refractivity contribution in [3.05, 3.63) is 0 Å². The Morgan fingerprint density at radius 2 is 2.25 bits per heavy atom. The molecule has 1 unspecified atom stereocenters. The Morgan fingerprint density at radius 1 is 1.50 bits per heavy atom. The van der Waals surface area contributed by atoms with Crippen molar-refractivity contribution < 1.29 is 17.5 Å². The quantitative estimate of drug-likeness (QED) is 0.281. The van der Waals surface area contributed by atoms with Gasteiger partial charge in [0.2, 0.25) is 3.54 Å². The minimum absolute atomic E-state index is 0.218. The third-order valence-corrected chi connectivity index (χ3v) is 6.12. The molecule has 94 valence electrons. The third-order valence-electron chi connectivity index (χ3n) is 1.67. The first kappa shape index (κ1) is 14.5. The number of thioether (sulfide) groups is 2. The molecule has 1 rings (SSSR count). The molecular formula is C6H12N2O4S4. The minimum Gasteiger partial charge on any atom is -0.327 e. The van der Waals surface area contributed by atoms with Crippen molar-refractivity contribution in [1.29, 1.82) is 0 Å². The van der Waals surface area contributed by atoms with Crippen molar-refractivity contribution in [2.75, 3.05) is 11.5 Å². The molecule has 1 atom stereocenters. The molecule has 0 aromatic rings. The summed E-state index contributed by atoms with van der Waals surface area (Å²) in [6.45, 7) is 0. The maximum absolute atomic E-state index is 10.4. The van der Waals surface area contributed by atoms with Gasteiger partial charge in [0.25, 0.3) is 10.1 Å². The van der Waals surface area contributed by atoms with Crippen molar-refractivity contribution in [2.24, 2.45) is 5.10 Å². The summed E-state index contributed by atoms with van der Waals surface area (Å²) < 4.78 is 37.9. The number of hydrogen-bond acceptors (Lipinski definition) is 8. The summed E-state index contributed by atoms with van der Waals surface area (Å²) in [4.78, 5) is 0. The lowest BCUT2D eigenvalue weighted by Gasteiger charge is -2.22. The van der Waals surface area contributed by atoms with Gasteiger partial charge in [-0.05, 0) is 18.6 Å². The number of nitrogens with zero attached hydrogens (tertiary/aromatic N) is 1. The SMILES string of the molecule is O=S(=O)(O)CCCCSC1(SO)NN=CS1. The maximum Gasteiger partial charge on any atom is 0.264 e. The summed E-state index contributed by atoms with van der Waals surface area (Å²) >= 11 is 3.47. The molecule has 0 amide bonds. The second-order valence-electron chi connectivity index (χ2n) is 2.95. The normalized spacial score (nSPS) is 24.6. The molecule has 1 heterocycles. The van der Waals surface area contributed by atoms with Crippen LogP contribution in [0.2, 0.25) is 0 Å². The van der Waals surface area contributed by atoms with E-state index < -0.39 is 13.7 Å². The van der Waals surface area contributed by atoms with E-state index in [1.54, 1.807) is 5.55 Å². The van der Waals surface area contributed by atoms with E-state index in [2.05, 4.69) is 10.5 Å². The predicted octanol–water partition coefficient (Wildman–Crippen LogP) is 1.48. The molecule has 0 fully saturated rings. The highest BCUT2D eigenvalue weighted by atomic mass is 32.3. The minimum atomic E-state index is -3.85. The first-order valence-corrected chi connectivity index (χ1v) is 8.60. The number of nitrogens with one attached hydrogen (secondary N) is 1. The summed E-state index contributed by atoms with van der Waals surface area (Å²) in [7, 11) is -3.85. The van der Waals surface area contributed by atoms with Gasteiger partial charge in [0.05, 0.1) is 11.3 Å². The van der Waals surface area contributed by atoms with E-state index in [9.17, 15) is 8.42 Å². The van der Waals surface area contributed by atoms with Crippen LogP contribution in [-0.2, 0) is 10.1 Å². The Balaban J connectivity index is 2.15. The summed E-state index contributed by atoms with van der Waals surface area (Å²) in [5, 5.41) is 3.80. The van der Waals surface area contributed by atoms with Crippen LogP contribution in [0.25, 0.3) is 0 Å². The zero-order valence-corrected chi connectivity index (χ0v) is 11.5. The third kappa shape index (κ3) is 5.15. The highest BCUT2D eigenvalue weighted by Gasteiger charge is 2.34. The fourth-order valence-corrected chi connectivity index (χ4v) is 4.11. The lowest BCUT2D eigenvalue weighted by atomic mass is 10.4. The predicted molar refractivity (Wildman–Crippen MR) is 70.3 cm³/mol. The molecule has 0 aromatic carbocycles. The Kier molecular flexibility index (Phi) is 5.74. The smallest absolute Gasteiger partial charge is 0.264 e. The zero-order valence-electron chi connectivity index (χ0n) is 8.20. The highest BCUT2D eigenvalue weighted by molar-refractivity contribution is 8.36. The average molecular weight is 304 g/mol. The topological polar surface area (TPSA) is 99.0 Å². The molecule has 16 heavy (non-hydrogen) atoms. The monoisotopic (exact) mass is 304 g/mol. The molecule has 1 aliphatic heterocycles. The molecule has 0 aliphatic carbocycles. The second-order valence-corrected chi connectivity index (χ2v) is 8.46. The van der Waals surface area contributed by atoms with E-state index >= 15 is 0 Å². The Morgan fingerprint density at radius 3 is 2.75 bits per heavy atom. The molecular weight excluding hydrogens is 292 g/mol. The zero-order chi connectivity index (χ0) is 12.1. The Hall–Kier alpha value is 0.390. The Bertz CT molecular complexity index is 336. The molecule has 10 heteroatoms. The van der Waals surface area contributed by atoms with Crippen LogP contribution in [0, 0.1) is 0 Å². The van der Waals surface area contributed by atoms with Crippen molar-refractivity contribution in [3.63, 3.8) is 0 Å². The van der Waals surface area contributed by atoms with Crippen molar-refractivity contribution in [3.8, 4) is 0 Å². The second kappa shape index (κ2) is 6.36. The lowest BCUT2D eigenvalue weighted by molar-refractivity contribution is 0.481. The van der Waals surface area contributed by atoms with Gasteiger partial charge >= 0.3 is 0 Å². The molecule has 0 aromatic heterocycles. The van der Waals surface area contributed by atoms with Gasteiger partial charge in [-0.2, -0.15) is 13.5 Å². The lowest BCUT2D eigenvalue weighted by Crippen LogP contribution is -2.27. The molecule has 0 saturated heterocycles. The maximum atomic E-state index is 10.4. The molecule has 0 saturated carbocycles. The van der Waals surface area contributed by atoms with Gasteiger partial charge in [-0.3, -0.25) is 9.98 Å². The summed E-state index contributed by atoms with van der Waals surface area (Å²) in [6.07, 6.45) is 1.05. The molecule has 3 N–H and O–H groups in total. The van der Waals surface area contributed by atoms with Gasteiger partial charge in [-0.1, -0.05) is 11.8 Å². The van der Waals surface area contributed by atoms with Crippen LogP contribution < -0.4 is 5.43 Å². The molecule has 6 nitrogen and oxygen atoms in total.